The van der Waals surface area contributed by atoms with Crippen LogP contribution in [0.5, 0.6) is 0 Å². The Bertz CT molecular complexity index is 424. The number of aromatic nitrogens is 2. The van der Waals surface area contributed by atoms with Crippen molar-refractivity contribution in [2.45, 2.75) is 13.0 Å². The van der Waals surface area contributed by atoms with Crippen LogP contribution in [0.25, 0.3) is 0 Å². The third-order valence-electron chi connectivity index (χ3n) is 2.78. The SMILES string of the molecule is COCCN(c1cnc(C(N)=NO)cn1)C(C)COC. The zero-order valence-electron chi connectivity index (χ0n) is 12.0. The van der Waals surface area contributed by atoms with Gasteiger partial charge in [0.15, 0.2) is 5.84 Å². The topological polar surface area (TPSA) is 106 Å². The molecule has 1 rings (SSSR count). The van der Waals surface area contributed by atoms with Crippen LogP contribution in [0.3, 0.4) is 0 Å². The van der Waals surface area contributed by atoms with E-state index in [1.54, 1.807) is 20.4 Å². The lowest BCUT2D eigenvalue weighted by molar-refractivity contribution is 0.170. The number of amidine groups is 1. The first kappa shape index (κ1) is 16.1. The highest BCUT2D eigenvalue weighted by molar-refractivity contribution is 5.94. The molecule has 0 saturated carbocycles. The highest BCUT2D eigenvalue weighted by atomic mass is 16.5. The van der Waals surface area contributed by atoms with Crippen molar-refractivity contribution in [1.82, 2.24) is 9.97 Å². The number of nitrogens with zero attached hydrogens (tertiary/aromatic N) is 4. The summed E-state index contributed by atoms with van der Waals surface area (Å²) >= 11 is 0. The summed E-state index contributed by atoms with van der Waals surface area (Å²) in [6.45, 7) is 3.82. The first-order valence-electron chi connectivity index (χ1n) is 6.18. The second kappa shape index (κ2) is 8.28. The average molecular weight is 283 g/mol. The minimum absolute atomic E-state index is 0.0718. The fourth-order valence-corrected chi connectivity index (χ4v) is 1.73. The first-order valence-corrected chi connectivity index (χ1v) is 6.18. The van der Waals surface area contributed by atoms with E-state index in [0.717, 1.165) is 0 Å². The molecule has 0 fully saturated rings. The summed E-state index contributed by atoms with van der Waals surface area (Å²) in [6, 6.07) is 0.124. The highest BCUT2D eigenvalue weighted by Crippen LogP contribution is 2.13. The lowest BCUT2D eigenvalue weighted by atomic mass is 10.3. The molecule has 0 aromatic carbocycles. The van der Waals surface area contributed by atoms with Crippen LogP contribution in [-0.2, 0) is 9.47 Å². The molecule has 0 saturated heterocycles. The van der Waals surface area contributed by atoms with E-state index >= 15 is 0 Å². The molecule has 0 radical (unpaired) electrons. The predicted molar refractivity (Wildman–Crippen MR) is 75.1 cm³/mol. The van der Waals surface area contributed by atoms with Crippen LogP contribution >= 0.6 is 0 Å². The van der Waals surface area contributed by atoms with Crippen molar-refractivity contribution in [2.24, 2.45) is 10.9 Å². The molecule has 1 atom stereocenters. The number of rotatable bonds is 8. The van der Waals surface area contributed by atoms with Gasteiger partial charge in [0.1, 0.15) is 11.5 Å². The van der Waals surface area contributed by atoms with E-state index in [1.807, 2.05) is 11.8 Å². The summed E-state index contributed by atoms with van der Waals surface area (Å²) in [5.41, 5.74) is 5.77. The van der Waals surface area contributed by atoms with E-state index in [1.165, 1.54) is 6.20 Å². The molecule has 8 heteroatoms. The van der Waals surface area contributed by atoms with Crippen LogP contribution in [0.2, 0.25) is 0 Å². The molecule has 1 aromatic heterocycles. The summed E-state index contributed by atoms with van der Waals surface area (Å²) in [6.07, 6.45) is 3.04. The van der Waals surface area contributed by atoms with Gasteiger partial charge in [-0.1, -0.05) is 5.16 Å². The van der Waals surface area contributed by atoms with Gasteiger partial charge in [0, 0.05) is 20.8 Å². The number of oxime groups is 1. The Morgan fingerprint density at radius 2 is 2.15 bits per heavy atom. The molecule has 20 heavy (non-hydrogen) atoms. The third-order valence-corrected chi connectivity index (χ3v) is 2.78. The van der Waals surface area contributed by atoms with Crippen molar-refractivity contribution in [1.29, 1.82) is 0 Å². The van der Waals surface area contributed by atoms with Gasteiger partial charge in [-0.25, -0.2) is 9.97 Å². The van der Waals surface area contributed by atoms with Gasteiger partial charge in [-0.15, -0.1) is 0 Å². The average Bonchev–Trinajstić information content (AvgIpc) is 2.48. The molecule has 3 N–H and O–H groups in total. The number of methoxy groups -OCH3 is 2. The molecule has 112 valence electrons. The Morgan fingerprint density at radius 3 is 2.65 bits per heavy atom. The van der Waals surface area contributed by atoms with Gasteiger partial charge in [0.25, 0.3) is 0 Å². The molecule has 0 aliphatic rings. The maximum Gasteiger partial charge on any atom is 0.190 e. The van der Waals surface area contributed by atoms with Crippen LogP contribution in [0.15, 0.2) is 17.5 Å². The van der Waals surface area contributed by atoms with E-state index in [2.05, 4.69) is 15.1 Å². The van der Waals surface area contributed by atoms with E-state index < -0.39 is 0 Å². The Labute approximate surface area is 118 Å². The second-order valence-electron chi connectivity index (χ2n) is 4.24. The lowest BCUT2D eigenvalue weighted by Gasteiger charge is -2.29. The Hall–Kier alpha value is -1.93. The summed E-state index contributed by atoms with van der Waals surface area (Å²) in [5.74, 6) is 0.610. The standard InChI is InChI=1S/C12H21N5O3/c1-9(8-20-3)17(4-5-19-2)11-7-14-10(6-15-11)12(13)16-18/h6-7,9,18H,4-5,8H2,1-3H3,(H2,13,16). The maximum atomic E-state index is 8.59. The van der Waals surface area contributed by atoms with E-state index in [9.17, 15) is 0 Å². The molecule has 1 aromatic rings. The highest BCUT2D eigenvalue weighted by Gasteiger charge is 2.16. The van der Waals surface area contributed by atoms with Gasteiger partial charge >= 0.3 is 0 Å². The van der Waals surface area contributed by atoms with Crippen molar-refractivity contribution in [2.75, 3.05) is 38.9 Å². The first-order chi connectivity index (χ1) is 9.63. The van der Waals surface area contributed by atoms with E-state index in [4.69, 9.17) is 20.4 Å². The van der Waals surface area contributed by atoms with Crippen LogP contribution in [0.1, 0.15) is 12.6 Å². The zero-order valence-corrected chi connectivity index (χ0v) is 12.0. The largest absolute Gasteiger partial charge is 0.409 e. The number of hydrogen-bond donors (Lipinski definition) is 2. The Kier molecular flexibility index (Phi) is 6.68. The van der Waals surface area contributed by atoms with Gasteiger partial charge in [-0.2, -0.15) is 0 Å². The van der Waals surface area contributed by atoms with Crippen molar-refractivity contribution >= 4 is 11.7 Å². The lowest BCUT2D eigenvalue weighted by Crippen LogP contribution is -2.39. The van der Waals surface area contributed by atoms with Crippen LogP contribution in [-0.4, -0.2) is 61.0 Å². The van der Waals surface area contributed by atoms with E-state index in [0.29, 0.717) is 31.3 Å². The van der Waals surface area contributed by atoms with Crippen molar-refractivity contribution < 1.29 is 14.7 Å². The third kappa shape index (κ3) is 4.32. The summed E-state index contributed by atoms with van der Waals surface area (Å²) in [7, 11) is 3.30. The van der Waals surface area contributed by atoms with Gasteiger partial charge in [-0.3, -0.25) is 0 Å². The fourth-order valence-electron chi connectivity index (χ4n) is 1.73. The predicted octanol–water partition coefficient (Wildman–Crippen LogP) is 0.0588. The molecule has 0 aliphatic carbocycles. The van der Waals surface area contributed by atoms with E-state index in [-0.39, 0.29) is 11.9 Å². The zero-order chi connectivity index (χ0) is 15.0. The minimum Gasteiger partial charge on any atom is -0.409 e. The summed E-state index contributed by atoms with van der Waals surface area (Å²) in [4.78, 5) is 10.4. The Morgan fingerprint density at radius 1 is 1.40 bits per heavy atom. The molecule has 0 bridgehead atoms. The van der Waals surface area contributed by atoms with Crippen LogP contribution in [0, 0.1) is 0 Å². The van der Waals surface area contributed by atoms with Gasteiger partial charge in [0.05, 0.1) is 31.6 Å². The normalized spacial score (nSPS) is 13.2. The van der Waals surface area contributed by atoms with Crippen molar-refractivity contribution in [3.05, 3.63) is 18.1 Å². The van der Waals surface area contributed by atoms with Crippen molar-refractivity contribution in [3.63, 3.8) is 0 Å². The minimum atomic E-state index is -0.0718. The number of hydrogen-bond acceptors (Lipinski definition) is 7. The molecule has 0 aliphatic heterocycles. The van der Waals surface area contributed by atoms with Gasteiger partial charge < -0.3 is 25.3 Å². The molecule has 8 nitrogen and oxygen atoms in total. The molecular formula is C12H21N5O3. The van der Waals surface area contributed by atoms with Gasteiger partial charge in [-0.05, 0) is 6.92 Å². The maximum absolute atomic E-state index is 8.59. The second-order valence-corrected chi connectivity index (χ2v) is 4.24. The summed E-state index contributed by atoms with van der Waals surface area (Å²) < 4.78 is 10.3. The number of anilines is 1. The van der Waals surface area contributed by atoms with Crippen molar-refractivity contribution in [3.8, 4) is 0 Å². The quantitative estimate of drug-likeness (QED) is 0.301. The summed E-state index contributed by atoms with van der Waals surface area (Å²) in [5, 5.41) is 11.5. The number of ether oxygens (including phenoxy) is 2. The molecule has 1 heterocycles. The molecule has 0 amide bonds. The van der Waals surface area contributed by atoms with Gasteiger partial charge in [0.2, 0.25) is 0 Å². The molecular weight excluding hydrogens is 262 g/mol. The molecule has 0 spiro atoms. The molecule has 1 unspecified atom stereocenters. The van der Waals surface area contributed by atoms with Crippen LogP contribution in [0.4, 0.5) is 5.82 Å². The fraction of sp³-hybridized carbons (Fsp3) is 0.583. The number of nitrogens with two attached hydrogens (primary N) is 1. The smallest absolute Gasteiger partial charge is 0.190 e. The Balaban J connectivity index is 2.89. The monoisotopic (exact) mass is 283 g/mol. The van der Waals surface area contributed by atoms with Crippen LogP contribution < -0.4 is 10.6 Å².